The van der Waals surface area contributed by atoms with Crippen LogP contribution in [0, 0.1) is 5.92 Å². The van der Waals surface area contributed by atoms with Gasteiger partial charge in [-0.25, -0.2) is 0 Å². The quantitative estimate of drug-likeness (QED) is 0.706. The molecule has 0 aromatic rings. The molecule has 3 atom stereocenters. The van der Waals surface area contributed by atoms with E-state index < -0.39 is 0 Å². The van der Waals surface area contributed by atoms with Gasteiger partial charge in [-0.15, -0.1) is 0 Å². The predicted octanol–water partition coefficient (Wildman–Crippen LogP) is 1.04. The molecule has 1 aliphatic carbocycles. The van der Waals surface area contributed by atoms with Crippen LogP contribution < -0.4 is 11.1 Å². The Bertz CT molecular complexity index is 231. The summed E-state index contributed by atoms with van der Waals surface area (Å²) in [6, 6.07) is 0.423. The summed E-state index contributed by atoms with van der Waals surface area (Å²) in [6.07, 6.45) is 4.31. The smallest absolute Gasteiger partial charge is 0.323 e. The van der Waals surface area contributed by atoms with Crippen LogP contribution in [0.5, 0.6) is 0 Å². The third-order valence-electron chi connectivity index (χ3n) is 3.25. The zero-order chi connectivity index (χ0) is 12.1. The van der Waals surface area contributed by atoms with Crippen LogP contribution in [0.15, 0.2) is 0 Å². The van der Waals surface area contributed by atoms with E-state index in [2.05, 4.69) is 5.32 Å². The molecule has 4 heteroatoms. The first-order chi connectivity index (χ1) is 7.54. The highest BCUT2D eigenvalue weighted by Gasteiger charge is 2.28. The fourth-order valence-corrected chi connectivity index (χ4v) is 2.29. The number of rotatable bonds is 4. The van der Waals surface area contributed by atoms with Crippen LogP contribution >= 0.6 is 0 Å². The van der Waals surface area contributed by atoms with Gasteiger partial charge in [-0.1, -0.05) is 20.3 Å². The zero-order valence-electron chi connectivity index (χ0n) is 10.5. The summed E-state index contributed by atoms with van der Waals surface area (Å²) in [5, 5.41) is 3.38. The molecule has 1 saturated carbocycles. The lowest BCUT2D eigenvalue weighted by Crippen LogP contribution is -2.50. The van der Waals surface area contributed by atoms with Gasteiger partial charge in [0.1, 0.15) is 6.04 Å². The minimum Gasteiger partial charge on any atom is -0.468 e. The fraction of sp³-hybridized carbons (Fsp3) is 0.917. The Morgan fingerprint density at radius 1 is 1.44 bits per heavy atom. The number of carbonyl (C=O) groups excluding carboxylic acids is 1. The maximum absolute atomic E-state index is 11.6. The van der Waals surface area contributed by atoms with Crippen LogP contribution in [0.2, 0.25) is 0 Å². The minimum absolute atomic E-state index is 0.172. The predicted molar refractivity (Wildman–Crippen MR) is 64.0 cm³/mol. The first-order valence-corrected chi connectivity index (χ1v) is 6.14. The Labute approximate surface area is 97.9 Å². The largest absolute Gasteiger partial charge is 0.468 e. The van der Waals surface area contributed by atoms with E-state index in [-0.39, 0.29) is 24.0 Å². The van der Waals surface area contributed by atoms with E-state index in [9.17, 15) is 4.79 Å². The van der Waals surface area contributed by atoms with E-state index in [0.717, 1.165) is 25.7 Å². The maximum atomic E-state index is 11.6. The van der Waals surface area contributed by atoms with Gasteiger partial charge in [0.15, 0.2) is 0 Å². The normalized spacial score (nSPS) is 27.8. The monoisotopic (exact) mass is 228 g/mol. The number of nitrogens with one attached hydrogen (secondary N) is 1. The third-order valence-corrected chi connectivity index (χ3v) is 3.25. The topological polar surface area (TPSA) is 64.3 Å². The Kier molecular flexibility index (Phi) is 5.22. The van der Waals surface area contributed by atoms with Crippen LogP contribution in [0.3, 0.4) is 0 Å². The highest BCUT2D eigenvalue weighted by atomic mass is 16.5. The molecule has 0 aromatic heterocycles. The highest BCUT2D eigenvalue weighted by molar-refractivity contribution is 5.75. The molecule has 3 unspecified atom stereocenters. The molecule has 3 N–H and O–H groups in total. The number of hydrogen-bond acceptors (Lipinski definition) is 4. The number of carbonyl (C=O) groups is 1. The summed E-state index contributed by atoms with van der Waals surface area (Å²) in [5.41, 5.74) is 5.93. The molecular weight excluding hydrogens is 204 g/mol. The molecule has 1 aliphatic rings. The van der Waals surface area contributed by atoms with E-state index in [1.807, 2.05) is 13.8 Å². The van der Waals surface area contributed by atoms with Gasteiger partial charge in [0, 0.05) is 12.1 Å². The Morgan fingerprint density at radius 3 is 2.62 bits per heavy atom. The van der Waals surface area contributed by atoms with Crippen molar-refractivity contribution >= 4 is 5.97 Å². The van der Waals surface area contributed by atoms with Gasteiger partial charge in [-0.2, -0.15) is 0 Å². The Balaban J connectivity index is 2.50. The fourth-order valence-electron chi connectivity index (χ4n) is 2.29. The van der Waals surface area contributed by atoms with Crippen LogP contribution in [0.4, 0.5) is 0 Å². The molecule has 16 heavy (non-hydrogen) atoms. The third kappa shape index (κ3) is 3.76. The molecule has 94 valence electrons. The zero-order valence-corrected chi connectivity index (χ0v) is 10.5. The molecule has 0 aliphatic heterocycles. The summed E-state index contributed by atoms with van der Waals surface area (Å²) < 4.78 is 4.81. The minimum atomic E-state index is -0.208. The Morgan fingerprint density at radius 2 is 2.12 bits per heavy atom. The second-order valence-corrected chi connectivity index (χ2v) is 5.04. The number of ether oxygens (including phenoxy) is 1. The number of nitrogens with two attached hydrogens (primary N) is 1. The van der Waals surface area contributed by atoms with Gasteiger partial charge >= 0.3 is 5.97 Å². The van der Waals surface area contributed by atoms with Crippen molar-refractivity contribution in [1.82, 2.24) is 5.32 Å². The molecule has 0 amide bonds. The van der Waals surface area contributed by atoms with E-state index in [1.165, 1.54) is 7.11 Å². The molecule has 1 fully saturated rings. The molecule has 0 heterocycles. The van der Waals surface area contributed by atoms with Gasteiger partial charge in [0.05, 0.1) is 7.11 Å². The van der Waals surface area contributed by atoms with Gasteiger partial charge in [0.2, 0.25) is 0 Å². The molecule has 1 rings (SSSR count). The Hall–Kier alpha value is -0.610. The van der Waals surface area contributed by atoms with E-state index in [0.29, 0.717) is 6.04 Å². The number of methoxy groups -OCH3 is 1. The summed E-state index contributed by atoms with van der Waals surface area (Å²) in [7, 11) is 1.44. The first kappa shape index (κ1) is 13.5. The van der Waals surface area contributed by atoms with Crippen molar-refractivity contribution < 1.29 is 9.53 Å². The summed E-state index contributed by atoms with van der Waals surface area (Å²) in [5.74, 6) is 0.0692. The summed E-state index contributed by atoms with van der Waals surface area (Å²) in [4.78, 5) is 11.6. The first-order valence-electron chi connectivity index (χ1n) is 6.14. The molecule has 4 nitrogen and oxygen atoms in total. The van der Waals surface area contributed by atoms with Gasteiger partial charge in [0.25, 0.3) is 0 Å². The van der Waals surface area contributed by atoms with Crippen molar-refractivity contribution in [3.8, 4) is 0 Å². The molecule has 0 spiro atoms. The van der Waals surface area contributed by atoms with E-state index in [1.54, 1.807) is 0 Å². The van der Waals surface area contributed by atoms with Crippen molar-refractivity contribution in [3.63, 3.8) is 0 Å². The summed E-state index contributed by atoms with van der Waals surface area (Å²) >= 11 is 0. The number of hydrogen-bond donors (Lipinski definition) is 2. The van der Waals surface area contributed by atoms with Crippen LogP contribution in [-0.2, 0) is 9.53 Å². The van der Waals surface area contributed by atoms with Crippen LogP contribution in [0.25, 0.3) is 0 Å². The van der Waals surface area contributed by atoms with Crippen molar-refractivity contribution in [2.75, 3.05) is 7.11 Å². The standard InChI is InChI=1S/C12H24N2O2/c1-8(2)11(12(15)16-3)14-10-6-4-5-9(13)7-10/h8-11,14H,4-7,13H2,1-3H3. The van der Waals surface area contributed by atoms with Crippen molar-refractivity contribution in [2.45, 2.75) is 57.7 Å². The molecule has 0 radical (unpaired) electrons. The maximum Gasteiger partial charge on any atom is 0.323 e. The lowest BCUT2D eigenvalue weighted by atomic mass is 9.90. The van der Waals surface area contributed by atoms with Gasteiger partial charge in [-0.05, 0) is 25.2 Å². The van der Waals surface area contributed by atoms with Crippen molar-refractivity contribution in [2.24, 2.45) is 11.7 Å². The van der Waals surface area contributed by atoms with Crippen LogP contribution in [-0.4, -0.2) is 31.2 Å². The van der Waals surface area contributed by atoms with Crippen molar-refractivity contribution in [3.05, 3.63) is 0 Å². The second-order valence-electron chi connectivity index (χ2n) is 5.04. The van der Waals surface area contributed by atoms with Gasteiger partial charge in [-0.3, -0.25) is 4.79 Å². The molecule has 0 aromatic carbocycles. The second kappa shape index (κ2) is 6.21. The lowest BCUT2D eigenvalue weighted by molar-refractivity contribution is -0.144. The highest BCUT2D eigenvalue weighted by Crippen LogP contribution is 2.18. The van der Waals surface area contributed by atoms with E-state index in [4.69, 9.17) is 10.5 Å². The van der Waals surface area contributed by atoms with Gasteiger partial charge < -0.3 is 15.8 Å². The molecule has 0 saturated heterocycles. The SMILES string of the molecule is COC(=O)C(NC1CCCC(N)C1)C(C)C. The summed E-state index contributed by atoms with van der Waals surface area (Å²) in [6.45, 7) is 4.05. The number of esters is 1. The average molecular weight is 228 g/mol. The molecular formula is C12H24N2O2. The van der Waals surface area contributed by atoms with Crippen molar-refractivity contribution in [1.29, 1.82) is 0 Å². The molecule has 0 bridgehead atoms. The van der Waals surface area contributed by atoms with Crippen LogP contribution in [0.1, 0.15) is 39.5 Å². The average Bonchev–Trinajstić information content (AvgIpc) is 2.24. The van der Waals surface area contributed by atoms with E-state index >= 15 is 0 Å². The lowest BCUT2D eigenvalue weighted by Gasteiger charge is -2.31.